The zero-order valence-electron chi connectivity index (χ0n) is 14.1. The number of esters is 2. The second kappa shape index (κ2) is 9.30. The van der Waals surface area contributed by atoms with E-state index in [4.69, 9.17) is 9.47 Å². The molecule has 0 aliphatic rings. The van der Waals surface area contributed by atoms with Crippen molar-refractivity contribution < 1.29 is 23.5 Å². The third-order valence-corrected chi connectivity index (χ3v) is 3.24. The van der Waals surface area contributed by atoms with Crippen LogP contribution in [0.15, 0.2) is 0 Å². The van der Waals surface area contributed by atoms with Crippen LogP contribution in [-0.4, -0.2) is 62.1 Å². The van der Waals surface area contributed by atoms with E-state index in [0.29, 0.717) is 24.1 Å². The lowest BCUT2D eigenvalue weighted by Gasteiger charge is -2.29. The van der Waals surface area contributed by atoms with E-state index in [-0.39, 0.29) is 24.3 Å². The largest absolute Gasteiger partial charge is 0.465 e. The molecule has 0 saturated carbocycles. The number of rotatable bonds is 9. The molecule has 1 unspecified atom stereocenters. The van der Waals surface area contributed by atoms with Crippen LogP contribution >= 0.6 is 12.6 Å². The number of carbonyl (C=O) groups excluding carboxylic acids is 2. The zero-order chi connectivity index (χ0) is 16.6. The van der Waals surface area contributed by atoms with Gasteiger partial charge < -0.3 is 14.0 Å². The molecule has 0 saturated heterocycles. The highest BCUT2D eigenvalue weighted by Crippen LogP contribution is 2.11. The number of nitrogens with zero attached hydrogens (tertiary/aromatic N) is 1. The number of thiol groups is 1. The van der Waals surface area contributed by atoms with Crippen molar-refractivity contribution in [3.63, 3.8) is 0 Å². The van der Waals surface area contributed by atoms with Gasteiger partial charge in [-0.05, 0) is 12.3 Å². The Balaban J connectivity index is 4.59. The number of hydrogen-bond acceptors (Lipinski definition) is 5. The molecular formula is C15H30NO4S+. The Morgan fingerprint density at radius 3 is 2.19 bits per heavy atom. The maximum atomic E-state index is 11.9. The Bertz CT molecular complexity index is 339. The minimum absolute atomic E-state index is 0.0815. The van der Waals surface area contributed by atoms with Crippen LogP contribution in [0, 0.1) is 5.92 Å². The zero-order valence-corrected chi connectivity index (χ0v) is 15.0. The minimum Gasteiger partial charge on any atom is -0.465 e. The molecule has 5 nitrogen and oxygen atoms in total. The van der Waals surface area contributed by atoms with Crippen LogP contribution < -0.4 is 0 Å². The van der Waals surface area contributed by atoms with Crippen molar-refractivity contribution in [1.29, 1.82) is 0 Å². The number of carbonyl (C=O) groups is 2. The van der Waals surface area contributed by atoms with Crippen LogP contribution in [0.4, 0.5) is 0 Å². The van der Waals surface area contributed by atoms with Crippen LogP contribution in [0.5, 0.6) is 0 Å². The van der Waals surface area contributed by atoms with Gasteiger partial charge in [-0.1, -0.05) is 20.8 Å². The maximum Gasteiger partial charge on any atom is 0.319 e. The van der Waals surface area contributed by atoms with E-state index in [9.17, 15) is 9.59 Å². The molecule has 6 heteroatoms. The highest BCUT2D eigenvalue weighted by Gasteiger charge is 2.27. The molecule has 0 amide bonds. The summed E-state index contributed by atoms with van der Waals surface area (Å²) in [5.74, 6) is -0.423. The van der Waals surface area contributed by atoms with E-state index in [1.807, 2.05) is 41.9 Å². The van der Waals surface area contributed by atoms with E-state index in [1.54, 1.807) is 0 Å². The van der Waals surface area contributed by atoms with Gasteiger partial charge in [0.2, 0.25) is 0 Å². The summed E-state index contributed by atoms with van der Waals surface area (Å²) < 4.78 is 11.2. The van der Waals surface area contributed by atoms with Gasteiger partial charge in [0.15, 0.2) is 6.10 Å². The normalized spacial score (nSPS) is 14.7. The van der Waals surface area contributed by atoms with Crippen molar-refractivity contribution in [2.24, 2.45) is 5.92 Å². The third kappa shape index (κ3) is 10.6. The van der Waals surface area contributed by atoms with E-state index in [0.717, 1.165) is 0 Å². The van der Waals surface area contributed by atoms with Crippen molar-refractivity contribution in [3.8, 4) is 0 Å². The van der Waals surface area contributed by atoms with Crippen molar-refractivity contribution in [1.82, 2.24) is 0 Å². The predicted molar refractivity (Wildman–Crippen MR) is 86.3 cm³/mol. The van der Waals surface area contributed by atoms with Crippen LogP contribution in [0.25, 0.3) is 0 Å². The molecule has 124 valence electrons. The second-order valence-electron chi connectivity index (χ2n) is 6.74. The molecule has 2 atom stereocenters. The van der Waals surface area contributed by atoms with Crippen LogP contribution in [0.2, 0.25) is 0 Å². The molecular weight excluding hydrogens is 290 g/mol. The highest BCUT2D eigenvalue weighted by molar-refractivity contribution is 7.81. The molecule has 0 aromatic rings. The molecule has 0 rings (SSSR count). The van der Waals surface area contributed by atoms with E-state index in [2.05, 4.69) is 12.6 Å². The lowest BCUT2D eigenvalue weighted by atomic mass is 10.2. The molecule has 21 heavy (non-hydrogen) atoms. The molecule has 0 heterocycles. The van der Waals surface area contributed by atoms with Crippen molar-refractivity contribution in [2.45, 2.75) is 45.0 Å². The average molecular weight is 320 g/mol. The van der Waals surface area contributed by atoms with Crippen LogP contribution in [0.3, 0.4) is 0 Å². The Morgan fingerprint density at radius 1 is 1.19 bits per heavy atom. The van der Waals surface area contributed by atoms with Gasteiger partial charge in [-0.3, -0.25) is 9.59 Å². The lowest BCUT2D eigenvalue weighted by molar-refractivity contribution is -0.873. The Hall–Kier alpha value is -0.750. The first kappa shape index (κ1) is 20.2. The third-order valence-electron chi connectivity index (χ3n) is 2.66. The Labute approximate surface area is 134 Å². The molecule has 0 aliphatic heterocycles. The van der Waals surface area contributed by atoms with Crippen LogP contribution in [-0.2, 0) is 19.1 Å². The summed E-state index contributed by atoms with van der Waals surface area (Å²) in [7, 11) is 5.95. The number of hydrogen-bond donors (Lipinski definition) is 1. The summed E-state index contributed by atoms with van der Waals surface area (Å²) in [5.41, 5.74) is 0. The first-order valence-corrected chi connectivity index (χ1v) is 7.91. The van der Waals surface area contributed by atoms with Gasteiger partial charge in [0, 0.05) is 0 Å². The van der Waals surface area contributed by atoms with Gasteiger partial charge in [-0.25, -0.2) is 0 Å². The smallest absolute Gasteiger partial charge is 0.319 e. The molecule has 0 radical (unpaired) electrons. The second-order valence-corrected chi connectivity index (χ2v) is 7.36. The van der Waals surface area contributed by atoms with Gasteiger partial charge in [0.25, 0.3) is 0 Å². The molecule has 0 aromatic heterocycles. The van der Waals surface area contributed by atoms with Gasteiger partial charge in [-0.2, -0.15) is 12.6 Å². The predicted octanol–water partition coefficient (Wildman–Crippen LogP) is 1.90. The molecule has 0 bridgehead atoms. The summed E-state index contributed by atoms with van der Waals surface area (Å²) >= 11 is 4.17. The Morgan fingerprint density at radius 2 is 1.76 bits per heavy atom. The standard InChI is InChI=1S/C15H29NO4S/c1-7-13(21)15(18)20-12(9-16(4,5)6)8-14(17)19-10-11(2)3/h11-13H,7-10H2,1-6H3/p+1/t12?,13-/m1/s1. The number of quaternary nitrogens is 1. The van der Waals surface area contributed by atoms with Crippen molar-refractivity contribution in [2.75, 3.05) is 34.3 Å². The van der Waals surface area contributed by atoms with Gasteiger partial charge in [-0.15, -0.1) is 0 Å². The van der Waals surface area contributed by atoms with Crippen molar-refractivity contribution in [3.05, 3.63) is 0 Å². The summed E-state index contributed by atoms with van der Waals surface area (Å²) in [6, 6.07) is 0. The number of ether oxygens (including phenoxy) is 2. The Kier molecular flexibility index (Phi) is 8.97. The van der Waals surface area contributed by atoms with Gasteiger partial charge in [0.1, 0.15) is 6.54 Å². The fourth-order valence-corrected chi connectivity index (χ4v) is 1.73. The van der Waals surface area contributed by atoms with Crippen molar-refractivity contribution >= 4 is 24.6 Å². The van der Waals surface area contributed by atoms with E-state index in [1.165, 1.54) is 0 Å². The quantitative estimate of drug-likeness (QED) is 0.400. The fraction of sp³-hybridized carbons (Fsp3) is 0.867. The summed E-state index contributed by atoms with van der Waals surface area (Å²) in [5, 5.41) is -0.452. The summed E-state index contributed by atoms with van der Waals surface area (Å²) in [4.78, 5) is 23.7. The first-order valence-electron chi connectivity index (χ1n) is 7.39. The molecule has 0 aliphatic carbocycles. The molecule has 0 spiro atoms. The topological polar surface area (TPSA) is 52.6 Å². The van der Waals surface area contributed by atoms with E-state index < -0.39 is 11.4 Å². The first-order chi connectivity index (χ1) is 9.55. The molecule has 0 N–H and O–H groups in total. The van der Waals surface area contributed by atoms with Crippen LogP contribution in [0.1, 0.15) is 33.6 Å². The highest BCUT2D eigenvalue weighted by atomic mass is 32.1. The monoisotopic (exact) mass is 320 g/mol. The summed E-state index contributed by atoms with van der Waals surface area (Å²) in [6.45, 7) is 6.75. The SMILES string of the molecule is CC[C@@H](S)C(=O)OC(CC(=O)OCC(C)C)C[N+](C)(C)C. The summed E-state index contributed by atoms with van der Waals surface area (Å²) in [6.07, 6.45) is 0.188. The van der Waals surface area contributed by atoms with Gasteiger partial charge in [0.05, 0.1) is 39.4 Å². The fourth-order valence-electron chi connectivity index (χ4n) is 1.67. The number of likely N-dealkylation sites (N-methyl/N-ethyl adjacent to an activating group) is 1. The van der Waals surface area contributed by atoms with Gasteiger partial charge >= 0.3 is 11.9 Å². The molecule has 0 fully saturated rings. The molecule has 0 aromatic carbocycles. The maximum absolute atomic E-state index is 11.9. The minimum atomic E-state index is -0.488. The van der Waals surface area contributed by atoms with E-state index >= 15 is 0 Å². The average Bonchev–Trinajstić information content (AvgIpc) is 2.33. The lowest BCUT2D eigenvalue weighted by Crippen LogP contribution is -2.44.